The monoisotopic (exact) mass is 295 g/mol. The van der Waals surface area contributed by atoms with E-state index in [1.807, 2.05) is 19.1 Å². The summed E-state index contributed by atoms with van der Waals surface area (Å²) in [6.07, 6.45) is 2.97. The van der Waals surface area contributed by atoms with E-state index in [0.29, 0.717) is 29.2 Å². The topological polar surface area (TPSA) is 46.2 Å². The van der Waals surface area contributed by atoms with Gasteiger partial charge in [0.15, 0.2) is 9.84 Å². The van der Waals surface area contributed by atoms with Gasteiger partial charge in [0, 0.05) is 6.04 Å². The van der Waals surface area contributed by atoms with Gasteiger partial charge in [0.05, 0.1) is 16.3 Å². The molecular weight excluding hydrogens is 270 g/mol. The summed E-state index contributed by atoms with van der Waals surface area (Å²) < 4.78 is 24.7. The zero-order valence-corrected chi connectivity index (χ0v) is 13.4. The van der Waals surface area contributed by atoms with Gasteiger partial charge in [0.1, 0.15) is 0 Å². The van der Waals surface area contributed by atoms with Crippen molar-refractivity contribution >= 4 is 15.5 Å². The molecule has 4 heteroatoms. The molecule has 1 aromatic carbocycles. The van der Waals surface area contributed by atoms with E-state index in [1.54, 1.807) is 12.1 Å². The van der Waals surface area contributed by atoms with Crippen molar-refractivity contribution in [3.63, 3.8) is 0 Å². The second-order valence-electron chi connectivity index (χ2n) is 5.98. The number of anilines is 1. The zero-order chi connectivity index (χ0) is 14.8. The summed E-state index contributed by atoms with van der Waals surface area (Å²) in [4.78, 5) is 0.452. The van der Waals surface area contributed by atoms with Gasteiger partial charge in [0.25, 0.3) is 0 Å². The maximum Gasteiger partial charge on any atom is 0.180 e. The fraction of sp³-hybridized carbons (Fsp3) is 0.625. The third kappa shape index (κ3) is 3.17. The van der Waals surface area contributed by atoms with Crippen molar-refractivity contribution in [1.29, 1.82) is 0 Å². The van der Waals surface area contributed by atoms with Gasteiger partial charge in [-0.2, -0.15) is 0 Å². The summed E-state index contributed by atoms with van der Waals surface area (Å²) in [6.45, 7) is 6.42. The molecule has 0 heterocycles. The first-order chi connectivity index (χ1) is 9.45. The van der Waals surface area contributed by atoms with E-state index >= 15 is 0 Å². The average molecular weight is 295 g/mol. The number of nitrogens with one attached hydrogen (secondary N) is 1. The fourth-order valence-corrected chi connectivity index (χ4v) is 4.51. The fourth-order valence-electron chi connectivity index (χ4n) is 3.00. The van der Waals surface area contributed by atoms with Crippen LogP contribution in [0.1, 0.15) is 40.0 Å². The first kappa shape index (κ1) is 15.4. The molecule has 0 amide bonds. The molecule has 1 aliphatic rings. The second kappa shape index (κ2) is 6.17. The molecule has 112 valence electrons. The zero-order valence-electron chi connectivity index (χ0n) is 12.6. The van der Waals surface area contributed by atoms with Gasteiger partial charge in [-0.05, 0) is 43.2 Å². The molecule has 3 unspecified atom stereocenters. The Kier molecular flexibility index (Phi) is 4.74. The molecule has 1 saturated carbocycles. The third-order valence-electron chi connectivity index (χ3n) is 4.50. The van der Waals surface area contributed by atoms with Crippen LogP contribution >= 0.6 is 0 Å². The van der Waals surface area contributed by atoms with Crippen LogP contribution in [0.2, 0.25) is 0 Å². The molecule has 0 radical (unpaired) electrons. The molecule has 3 nitrogen and oxygen atoms in total. The number of sulfone groups is 1. The number of hydrogen-bond donors (Lipinski definition) is 1. The molecule has 0 saturated heterocycles. The standard InChI is InChI=1S/C16H25NO2S/c1-4-11-20(18,19)16-8-6-5-7-15(16)17-14-10-9-12(2)13(14)3/h5-8,12-14,17H,4,9-11H2,1-3H3. The van der Waals surface area contributed by atoms with Crippen molar-refractivity contribution in [3.8, 4) is 0 Å². The first-order valence-electron chi connectivity index (χ1n) is 7.54. The Hall–Kier alpha value is -1.03. The highest BCUT2D eigenvalue weighted by molar-refractivity contribution is 7.91. The van der Waals surface area contributed by atoms with E-state index in [9.17, 15) is 8.42 Å². The SMILES string of the molecule is CCCS(=O)(=O)c1ccccc1NC1CCC(C)C1C. The van der Waals surface area contributed by atoms with Gasteiger partial charge < -0.3 is 5.32 Å². The molecule has 20 heavy (non-hydrogen) atoms. The Balaban J connectivity index is 2.25. The smallest absolute Gasteiger partial charge is 0.180 e. The molecule has 0 aromatic heterocycles. The molecule has 0 spiro atoms. The first-order valence-corrected chi connectivity index (χ1v) is 9.19. The number of rotatable bonds is 5. The summed E-state index contributed by atoms with van der Waals surface area (Å²) in [5.41, 5.74) is 0.770. The Morgan fingerprint density at radius 3 is 2.50 bits per heavy atom. The predicted molar refractivity (Wildman–Crippen MR) is 83.8 cm³/mol. The minimum atomic E-state index is -3.18. The van der Waals surface area contributed by atoms with Crippen molar-refractivity contribution in [1.82, 2.24) is 0 Å². The summed E-state index contributed by atoms with van der Waals surface area (Å²) in [5.74, 6) is 1.49. The highest BCUT2D eigenvalue weighted by Gasteiger charge is 2.30. The molecule has 1 aromatic rings. The van der Waals surface area contributed by atoms with Crippen LogP contribution in [0.3, 0.4) is 0 Å². The summed E-state index contributed by atoms with van der Waals surface area (Å²) in [6, 6.07) is 7.68. The van der Waals surface area contributed by atoms with Gasteiger partial charge in [-0.15, -0.1) is 0 Å². The van der Waals surface area contributed by atoms with Crippen molar-refractivity contribution in [2.24, 2.45) is 11.8 Å². The highest BCUT2D eigenvalue weighted by atomic mass is 32.2. The van der Waals surface area contributed by atoms with E-state index < -0.39 is 9.84 Å². The Morgan fingerprint density at radius 2 is 1.90 bits per heavy atom. The van der Waals surface area contributed by atoms with Crippen LogP contribution in [-0.2, 0) is 9.84 Å². The van der Waals surface area contributed by atoms with Crippen LogP contribution in [-0.4, -0.2) is 20.2 Å². The Morgan fingerprint density at radius 1 is 1.20 bits per heavy atom. The summed E-state index contributed by atoms with van der Waals surface area (Å²) >= 11 is 0. The van der Waals surface area contributed by atoms with Gasteiger partial charge >= 0.3 is 0 Å². The molecule has 1 fully saturated rings. The van der Waals surface area contributed by atoms with Crippen molar-refractivity contribution in [3.05, 3.63) is 24.3 Å². The maximum atomic E-state index is 12.3. The minimum absolute atomic E-state index is 0.211. The van der Waals surface area contributed by atoms with Crippen LogP contribution < -0.4 is 5.32 Å². The van der Waals surface area contributed by atoms with Crippen LogP contribution in [0.25, 0.3) is 0 Å². The molecule has 3 atom stereocenters. The lowest BCUT2D eigenvalue weighted by Crippen LogP contribution is -2.25. The normalized spacial score (nSPS) is 26.6. The number of hydrogen-bond acceptors (Lipinski definition) is 3. The van der Waals surface area contributed by atoms with Crippen LogP contribution in [0.15, 0.2) is 29.2 Å². The van der Waals surface area contributed by atoms with Crippen molar-refractivity contribution in [2.45, 2.75) is 51.0 Å². The Bertz CT molecular complexity index is 553. The van der Waals surface area contributed by atoms with Gasteiger partial charge in [-0.3, -0.25) is 0 Å². The number of benzene rings is 1. The van der Waals surface area contributed by atoms with Crippen molar-refractivity contribution < 1.29 is 8.42 Å². The molecule has 0 aliphatic heterocycles. The second-order valence-corrected chi connectivity index (χ2v) is 8.06. The van der Waals surface area contributed by atoms with Gasteiger partial charge in [0.2, 0.25) is 0 Å². The largest absolute Gasteiger partial charge is 0.381 e. The average Bonchev–Trinajstić information content (AvgIpc) is 2.71. The Labute approximate surface area is 122 Å². The lowest BCUT2D eigenvalue weighted by molar-refractivity contribution is 0.435. The van der Waals surface area contributed by atoms with E-state index in [0.717, 1.165) is 12.1 Å². The summed E-state index contributed by atoms with van der Waals surface area (Å²) in [7, 11) is -3.18. The predicted octanol–water partition coefficient (Wildman–Crippen LogP) is 3.72. The van der Waals surface area contributed by atoms with E-state index in [1.165, 1.54) is 6.42 Å². The van der Waals surface area contributed by atoms with Crippen LogP contribution in [0.4, 0.5) is 5.69 Å². The lowest BCUT2D eigenvalue weighted by Gasteiger charge is -2.22. The van der Waals surface area contributed by atoms with Crippen molar-refractivity contribution in [2.75, 3.05) is 11.1 Å². The molecule has 1 N–H and O–H groups in total. The molecular formula is C16H25NO2S. The van der Waals surface area contributed by atoms with E-state index in [4.69, 9.17) is 0 Å². The molecule has 2 rings (SSSR count). The highest BCUT2D eigenvalue weighted by Crippen LogP contribution is 2.34. The number of para-hydroxylation sites is 1. The van der Waals surface area contributed by atoms with Gasteiger partial charge in [-0.1, -0.05) is 32.9 Å². The van der Waals surface area contributed by atoms with E-state index in [2.05, 4.69) is 19.2 Å². The molecule has 0 bridgehead atoms. The third-order valence-corrected chi connectivity index (χ3v) is 6.47. The maximum absolute atomic E-state index is 12.3. The molecule has 1 aliphatic carbocycles. The van der Waals surface area contributed by atoms with Crippen LogP contribution in [0.5, 0.6) is 0 Å². The van der Waals surface area contributed by atoms with Crippen LogP contribution in [0, 0.1) is 11.8 Å². The minimum Gasteiger partial charge on any atom is -0.381 e. The quantitative estimate of drug-likeness (QED) is 0.900. The lowest BCUT2D eigenvalue weighted by atomic mass is 9.97. The van der Waals surface area contributed by atoms with E-state index in [-0.39, 0.29) is 5.75 Å². The van der Waals surface area contributed by atoms with Gasteiger partial charge in [-0.25, -0.2) is 8.42 Å². The summed E-state index contributed by atoms with van der Waals surface area (Å²) in [5, 5.41) is 3.47.